The lowest BCUT2D eigenvalue weighted by Gasteiger charge is -2.06. The van der Waals surface area contributed by atoms with E-state index < -0.39 is 0 Å². The topological polar surface area (TPSA) is 0 Å². The van der Waals surface area contributed by atoms with E-state index in [4.69, 9.17) is 0 Å². The van der Waals surface area contributed by atoms with Gasteiger partial charge in [-0.25, -0.2) is 0 Å². The maximum absolute atomic E-state index is 2.31. The van der Waals surface area contributed by atoms with E-state index in [0.717, 1.165) is 11.7 Å². The van der Waals surface area contributed by atoms with E-state index >= 15 is 0 Å². The zero-order valence-electron chi connectivity index (χ0n) is 8.71. The van der Waals surface area contributed by atoms with Gasteiger partial charge in [0.15, 0.2) is 0 Å². The molecule has 0 nitrogen and oxygen atoms in total. The van der Waals surface area contributed by atoms with Crippen LogP contribution >= 0.6 is 11.8 Å². The third-order valence-electron chi connectivity index (χ3n) is 1.85. The summed E-state index contributed by atoms with van der Waals surface area (Å²) in [7, 11) is 0. The van der Waals surface area contributed by atoms with Crippen LogP contribution in [0.15, 0.2) is 29.2 Å². The zero-order valence-corrected chi connectivity index (χ0v) is 9.53. The van der Waals surface area contributed by atoms with Crippen LogP contribution in [0, 0.1) is 5.92 Å². The first-order chi connectivity index (χ1) is 6.22. The quantitative estimate of drug-likeness (QED) is 0.653. The second-order valence-electron chi connectivity index (χ2n) is 3.68. The van der Waals surface area contributed by atoms with Gasteiger partial charge in [-0.05, 0) is 35.8 Å². The maximum atomic E-state index is 2.31. The van der Waals surface area contributed by atoms with Crippen LogP contribution in [-0.4, -0.2) is 5.75 Å². The zero-order chi connectivity index (χ0) is 9.68. The van der Waals surface area contributed by atoms with Gasteiger partial charge in [0, 0.05) is 4.90 Å². The van der Waals surface area contributed by atoms with Crippen LogP contribution in [0.1, 0.15) is 26.3 Å². The molecule has 0 aromatic heterocycles. The van der Waals surface area contributed by atoms with Crippen molar-refractivity contribution in [3.8, 4) is 0 Å². The number of rotatable bonds is 4. The summed E-state index contributed by atoms with van der Waals surface area (Å²) in [5.74, 6) is 1.91. The summed E-state index contributed by atoms with van der Waals surface area (Å²) in [5.41, 5.74) is 1.47. The molecule has 0 N–H and O–H groups in total. The lowest BCUT2D eigenvalue weighted by atomic mass is 10.0. The molecule has 0 fully saturated rings. The van der Waals surface area contributed by atoms with Gasteiger partial charge < -0.3 is 0 Å². The Bertz CT molecular complexity index is 253. The Morgan fingerprint density at radius 2 is 2.08 bits per heavy atom. The highest BCUT2D eigenvalue weighted by atomic mass is 32.2. The molecule has 0 aliphatic carbocycles. The van der Waals surface area contributed by atoms with Crippen LogP contribution in [0.5, 0.6) is 0 Å². The predicted molar refractivity (Wildman–Crippen MR) is 61.4 cm³/mol. The molecule has 0 aliphatic heterocycles. The molecule has 0 heterocycles. The Kier molecular flexibility index (Phi) is 4.37. The highest BCUT2D eigenvalue weighted by molar-refractivity contribution is 7.99. The summed E-state index contributed by atoms with van der Waals surface area (Å²) in [6.07, 6.45) is 1.19. The van der Waals surface area contributed by atoms with Crippen LogP contribution in [0.2, 0.25) is 0 Å². The van der Waals surface area contributed by atoms with Crippen LogP contribution in [0.25, 0.3) is 0 Å². The average molecular weight is 194 g/mol. The first-order valence-corrected chi connectivity index (χ1v) is 5.92. The molecule has 0 amide bonds. The Hall–Kier alpha value is -0.430. The Morgan fingerprint density at radius 1 is 1.31 bits per heavy atom. The van der Waals surface area contributed by atoms with Gasteiger partial charge in [-0.3, -0.25) is 0 Å². The molecule has 0 bridgehead atoms. The third kappa shape index (κ3) is 3.86. The summed E-state index contributed by atoms with van der Waals surface area (Å²) < 4.78 is 0. The van der Waals surface area contributed by atoms with Crippen molar-refractivity contribution in [1.29, 1.82) is 0 Å². The molecular formula is C12H18S. The minimum atomic E-state index is 0.752. The van der Waals surface area contributed by atoms with Crippen LogP contribution in [0.3, 0.4) is 0 Å². The van der Waals surface area contributed by atoms with Crippen LogP contribution in [-0.2, 0) is 6.42 Å². The largest absolute Gasteiger partial charge is 0.126 e. The molecule has 0 saturated heterocycles. The van der Waals surface area contributed by atoms with Crippen molar-refractivity contribution in [2.24, 2.45) is 5.92 Å². The minimum absolute atomic E-state index is 0.752. The minimum Gasteiger partial charge on any atom is -0.126 e. The Labute approximate surface area is 85.7 Å². The normalized spacial score (nSPS) is 10.8. The molecule has 1 heteroatoms. The molecule has 0 spiro atoms. The van der Waals surface area contributed by atoms with Gasteiger partial charge in [-0.15, -0.1) is 11.8 Å². The molecule has 1 rings (SSSR count). The first kappa shape index (κ1) is 10.6. The van der Waals surface area contributed by atoms with Crippen LogP contribution in [0.4, 0.5) is 0 Å². The molecule has 1 aromatic rings. The number of hydrogen-bond acceptors (Lipinski definition) is 1. The van der Waals surface area contributed by atoms with Crippen molar-refractivity contribution in [2.75, 3.05) is 5.75 Å². The highest BCUT2D eigenvalue weighted by Crippen LogP contribution is 2.19. The molecule has 1 aromatic carbocycles. The third-order valence-corrected chi connectivity index (χ3v) is 2.73. The van der Waals surface area contributed by atoms with E-state index in [0.29, 0.717) is 0 Å². The summed E-state index contributed by atoms with van der Waals surface area (Å²) in [5, 5.41) is 0. The van der Waals surface area contributed by atoms with Gasteiger partial charge >= 0.3 is 0 Å². The summed E-state index contributed by atoms with van der Waals surface area (Å²) in [4.78, 5) is 1.40. The number of benzene rings is 1. The summed E-state index contributed by atoms with van der Waals surface area (Å²) in [6.45, 7) is 6.72. The van der Waals surface area contributed by atoms with Gasteiger partial charge in [-0.2, -0.15) is 0 Å². The smallest absolute Gasteiger partial charge is 0.00745 e. The summed E-state index contributed by atoms with van der Waals surface area (Å²) in [6, 6.07) is 8.89. The predicted octanol–water partition coefficient (Wildman–Crippen LogP) is 4.00. The lowest BCUT2D eigenvalue weighted by molar-refractivity contribution is 0.646. The van der Waals surface area contributed by atoms with Crippen molar-refractivity contribution >= 4 is 11.8 Å². The molecular weight excluding hydrogens is 176 g/mol. The van der Waals surface area contributed by atoms with Crippen molar-refractivity contribution in [3.63, 3.8) is 0 Å². The molecule has 0 atom stereocenters. The number of hydrogen-bond donors (Lipinski definition) is 0. The van der Waals surface area contributed by atoms with Crippen molar-refractivity contribution in [2.45, 2.75) is 32.1 Å². The fraction of sp³-hybridized carbons (Fsp3) is 0.500. The number of thioether (sulfide) groups is 1. The van der Waals surface area contributed by atoms with Crippen molar-refractivity contribution in [3.05, 3.63) is 29.8 Å². The maximum Gasteiger partial charge on any atom is 0.00745 e. The molecule has 13 heavy (non-hydrogen) atoms. The van der Waals surface area contributed by atoms with Gasteiger partial charge in [0.2, 0.25) is 0 Å². The molecule has 0 unspecified atom stereocenters. The van der Waals surface area contributed by atoms with Crippen molar-refractivity contribution in [1.82, 2.24) is 0 Å². The van der Waals surface area contributed by atoms with E-state index in [1.54, 1.807) is 0 Å². The molecule has 72 valence electrons. The molecule has 0 radical (unpaired) electrons. The van der Waals surface area contributed by atoms with Crippen LogP contribution < -0.4 is 0 Å². The fourth-order valence-electron chi connectivity index (χ4n) is 1.40. The average Bonchev–Trinajstić information content (AvgIpc) is 2.04. The van der Waals surface area contributed by atoms with E-state index in [2.05, 4.69) is 45.0 Å². The van der Waals surface area contributed by atoms with Gasteiger partial charge in [0.25, 0.3) is 0 Å². The van der Waals surface area contributed by atoms with E-state index in [1.165, 1.54) is 16.9 Å². The lowest BCUT2D eigenvalue weighted by Crippen LogP contribution is -1.93. The second-order valence-corrected chi connectivity index (χ2v) is 5.02. The highest BCUT2D eigenvalue weighted by Gasteiger charge is 1.98. The van der Waals surface area contributed by atoms with E-state index in [9.17, 15) is 0 Å². The fourth-order valence-corrected chi connectivity index (χ4v) is 2.14. The SMILES string of the molecule is CCSc1cccc(CC(C)C)c1. The van der Waals surface area contributed by atoms with E-state index in [-0.39, 0.29) is 0 Å². The second kappa shape index (κ2) is 5.33. The van der Waals surface area contributed by atoms with Crippen molar-refractivity contribution < 1.29 is 0 Å². The van der Waals surface area contributed by atoms with E-state index in [1.807, 2.05) is 11.8 Å². The van der Waals surface area contributed by atoms with Gasteiger partial charge in [0.1, 0.15) is 0 Å². The monoisotopic (exact) mass is 194 g/mol. The standard InChI is InChI=1S/C12H18S/c1-4-13-12-7-5-6-11(9-12)8-10(2)3/h5-7,9-10H,4,8H2,1-3H3. The van der Waals surface area contributed by atoms with Gasteiger partial charge in [-0.1, -0.05) is 32.9 Å². The molecule has 0 aliphatic rings. The first-order valence-electron chi connectivity index (χ1n) is 4.94. The van der Waals surface area contributed by atoms with Gasteiger partial charge in [0.05, 0.1) is 0 Å². The summed E-state index contributed by atoms with van der Waals surface area (Å²) >= 11 is 1.92. The Morgan fingerprint density at radius 3 is 2.69 bits per heavy atom. The Balaban J connectivity index is 2.67. The molecule has 0 saturated carbocycles.